The highest BCUT2D eigenvalue weighted by Crippen LogP contribution is 2.35. The Labute approximate surface area is 100 Å². The predicted octanol–water partition coefficient (Wildman–Crippen LogP) is 2.56. The van der Waals surface area contributed by atoms with Crippen LogP contribution in [0.4, 0.5) is 0 Å². The lowest BCUT2D eigenvalue weighted by Crippen LogP contribution is -1.96. The zero-order valence-electron chi connectivity index (χ0n) is 9.78. The maximum Gasteiger partial charge on any atom is 0.132 e. The standard InChI is InChI=1S/C12H16O3S/c1-4-16-12-8-10(14-2)9(5-6-13)7-11(12)15-3/h6-8H,4-5H2,1-3H3. The second-order valence-corrected chi connectivity index (χ2v) is 4.42. The quantitative estimate of drug-likeness (QED) is 0.565. The van der Waals surface area contributed by atoms with Crippen molar-refractivity contribution in [1.82, 2.24) is 0 Å². The molecule has 0 spiro atoms. The van der Waals surface area contributed by atoms with E-state index in [9.17, 15) is 4.79 Å². The average Bonchev–Trinajstić information content (AvgIpc) is 2.31. The first kappa shape index (κ1) is 12.9. The zero-order valence-corrected chi connectivity index (χ0v) is 10.6. The molecule has 0 N–H and O–H groups in total. The highest BCUT2D eigenvalue weighted by Gasteiger charge is 2.10. The Bertz CT molecular complexity index is 364. The van der Waals surface area contributed by atoms with Crippen molar-refractivity contribution in [2.24, 2.45) is 0 Å². The number of rotatable bonds is 6. The Morgan fingerprint density at radius 2 is 1.94 bits per heavy atom. The van der Waals surface area contributed by atoms with Crippen molar-refractivity contribution in [3.05, 3.63) is 17.7 Å². The van der Waals surface area contributed by atoms with Crippen LogP contribution in [-0.4, -0.2) is 26.3 Å². The summed E-state index contributed by atoms with van der Waals surface area (Å²) in [4.78, 5) is 11.6. The van der Waals surface area contributed by atoms with Crippen molar-refractivity contribution in [3.8, 4) is 11.5 Å². The van der Waals surface area contributed by atoms with Crippen LogP contribution in [0.2, 0.25) is 0 Å². The summed E-state index contributed by atoms with van der Waals surface area (Å²) in [5.74, 6) is 2.50. The third kappa shape index (κ3) is 2.92. The van der Waals surface area contributed by atoms with Crippen molar-refractivity contribution in [3.63, 3.8) is 0 Å². The van der Waals surface area contributed by atoms with Crippen molar-refractivity contribution >= 4 is 18.0 Å². The molecule has 16 heavy (non-hydrogen) atoms. The van der Waals surface area contributed by atoms with Gasteiger partial charge >= 0.3 is 0 Å². The Morgan fingerprint density at radius 3 is 2.44 bits per heavy atom. The van der Waals surface area contributed by atoms with Crippen LogP contribution in [0.15, 0.2) is 17.0 Å². The Morgan fingerprint density at radius 1 is 1.25 bits per heavy atom. The van der Waals surface area contributed by atoms with Gasteiger partial charge in [-0.2, -0.15) is 0 Å². The van der Waals surface area contributed by atoms with Gasteiger partial charge < -0.3 is 14.3 Å². The van der Waals surface area contributed by atoms with Crippen LogP contribution in [0.3, 0.4) is 0 Å². The van der Waals surface area contributed by atoms with Gasteiger partial charge in [-0.25, -0.2) is 0 Å². The number of benzene rings is 1. The molecule has 0 heterocycles. The molecule has 1 rings (SSSR count). The molecule has 3 nitrogen and oxygen atoms in total. The van der Waals surface area contributed by atoms with E-state index in [4.69, 9.17) is 9.47 Å². The Balaban J connectivity index is 3.16. The molecule has 0 aliphatic rings. The van der Waals surface area contributed by atoms with Gasteiger partial charge in [-0.1, -0.05) is 6.92 Å². The van der Waals surface area contributed by atoms with E-state index < -0.39 is 0 Å². The highest BCUT2D eigenvalue weighted by atomic mass is 32.2. The van der Waals surface area contributed by atoms with Gasteiger partial charge in [-0.15, -0.1) is 11.8 Å². The van der Waals surface area contributed by atoms with E-state index in [0.717, 1.165) is 34.0 Å². The monoisotopic (exact) mass is 240 g/mol. The number of thioether (sulfide) groups is 1. The predicted molar refractivity (Wildman–Crippen MR) is 65.7 cm³/mol. The van der Waals surface area contributed by atoms with Crippen LogP contribution in [0, 0.1) is 0 Å². The van der Waals surface area contributed by atoms with Crippen LogP contribution in [-0.2, 0) is 11.2 Å². The molecule has 0 saturated carbocycles. The largest absolute Gasteiger partial charge is 0.496 e. The molecule has 0 saturated heterocycles. The van der Waals surface area contributed by atoms with E-state index in [1.54, 1.807) is 26.0 Å². The van der Waals surface area contributed by atoms with Crippen LogP contribution in [0.1, 0.15) is 12.5 Å². The summed E-state index contributed by atoms with van der Waals surface area (Å²) >= 11 is 1.69. The lowest BCUT2D eigenvalue weighted by Gasteiger charge is -2.12. The van der Waals surface area contributed by atoms with Gasteiger partial charge in [-0.3, -0.25) is 0 Å². The van der Waals surface area contributed by atoms with Crippen molar-refractivity contribution in [2.45, 2.75) is 18.2 Å². The fourth-order valence-electron chi connectivity index (χ4n) is 1.45. The van der Waals surface area contributed by atoms with Gasteiger partial charge in [0.05, 0.1) is 19.1 Å². The molecule has 0 radical (unpaired) electrons. The summed E-state index contributed by atoms with van der Waals surface area (Å²) in [6, 6.07) is 3.79. The van der Waals surface area contributed by atoms with Crippen molar-refractivity contribution in [1.29, 1.82) is 0 Å². The summed E-state index contributed by atoms with van der Waals surface area (Å²) in [5, 5.41) is 0. The maximum atomic E-state index is 10.6. The van der Waals surface area contributed by atoms with Crippen molar-refractivity contribution < 1.29 is 14.3 Å². The van der Waals surface area contributed by atoms with Gasteiger partial charge in [0.1, 0.15) is 17.8 Å². The average molecular weight is 240 g/mol. The van der Waals surface area contributed by atoms with E-state index in [-0.39, 0.29) is 0 Å². The normalized spacial score (nSPS) is 9.94. The van der Waals surface area contributed by atoms with E-state index in [2.05, 4.69) is 6.92 Å². The van der Waals surface area contributed by atoms with E-state index >= 15 is 0 Å². The molecule has 1 aromatic rings. The SMILES string of the molecule is CCSc1cc(OC)c(CC=O)cc1OC. The summed E-state index contributed by atoms with van der Waals surface area (Å²) in [6.07, 6.45) is 1.21. The smallest absolute Gasteiger partial charge is 0.132 e. The number of ether oxygens (including phenoxy) is 2. The highest BCUT2D eigenvalue weighted by molar-refractivity contribution is 7.99. The number of carbonyl (C=O) groups is 1. The number of hydrogen-bond donors (Lipinski definition) is 0. The molecule has 0 aliphatic carbocycles. The molecule has 88 valence electrons. The fraction of sp³-hybridized carbons (Fsp3) is 0.417. The zero-order chi connectivity index (χ0) is 12.0. The first-order valence-corrected chi connectivity index (χ1v) is 6.06. The number of methoxy groups -OCH3 is 2. The molecule has 0 fully saturated rings. The summed E-state index contributed by atoms with van der Waals surface area (Å²) in [7, 11) is 3.24. The van der Waals surface area contributed by atoms with Gasteiger partial charge in [-0.05, 0) is 17.9 Å². The second-order valence-electron chi connectivity index (χ2n) is 3.12. The molecular formula is C12H16O3S. The topological polar surface area (TPSA) is 35.5 Å². The first-order chi connectivity index (χ1) is 7.76. The number of hydrogen-bond acceptors (Lipinski definition) is 4. The molecule has 0 atom stereocenters. The Hall–Kier alpha value is -1.16. The molecule has 0 aliphatic heterocycles. The van der Waals surface area contributed by atoms with Gasteiger partial charge in [0.2, 0.25) is 0 Å². The van der Waals surface area contributed by atoms with Gasteiger partial charge in [0.15, 0.2) is 0 Å². The van der Waals surface area contributed by atoms with Crippen molar-refractivity contribution in [2.75, 3.05) is 20.0 Å². The number of carbonyl (C=O) groups excluding carboxylic acids is 1. The molecule has 0 bridgehead atoms. The minimum Gasteiger partial charge on any atom is -0.496 e. The van der Waals surface area contributed by atoms with Crippen LogP contribution >= 0.6 is 11.8 Å². The molecule has 4 heteroatoms. The minimum absolute atomic E-state index is 0.344. The molecule has 0 amide bonds. The first-order valence-electron chi connectivity index (χ1n) is 5.08. The van der Waals surface area contributed by atoms with E-state index in [1.165, 1.54) is 0 Å². The third-order valence-electron chi connectivity index (χ3n) is 2.17. The molecule has 1 aromatic carbocycles. The third-order valence-corrected chi connectivity index (χ3v) is 3.09. The summed E-state index contributed by atoms with van der Waals surface area (Å²) < 4.78 is 10.5. The van der Waals surface area contributed by atoms with Gasteiger partial charge in [0.25, 0.3) is 0 Å². The molecular weight excluding hydrogens is 224 g/mol. The maximum absolute atomic E-state index is 10.6. The minimum atomic E-state index is 0.344. The van der Waals surface area contributed by atoms with Crippen LogP contribution < -0.4 is 9.47 Å². The lowest BCUT2D eigenvalue weighted by atomic mass is 10.1. The van der Waals surface area contributed by atoms with E-state index in [1.807, 2.05) is 12.1 Å². The molecule has 0 aromatic heterocycles. The summed E-state index contributed by atoms with van der Waals surface area (Å²) in [5.41, 5.74) is 0.856. The van der Waals surface area contributed by atoms with E-state index in [0.29, 0.717) is 6.42 Å². The number of aldehydes is 1. The molecule has 0 unspecified atom stereocenters. The lowest BCUT2D eigenvalue weighted by molar-refractivity contribution is -0.107. The fourth-order valence-corrected chi connectivity index (χ4v) is 2.24. The van der Waals surface area contributed by atoms with Crippen LogP contribution in [0.5, 0.6) is 11.5 Å². The van der Waals surface area contributed by atoms with Crippen LogP contribution in [0.25, 0.3) is 0 Å². The second kappa shape index (κ2) is 6.43. The summed E-state index contributed by atoms with van der Waals surface area (Å²) in [6.45, 7) is 2.08. The Kier molecular flexibility index (Phi) is 5.19. The van der Waals surface area contributed by atoms with Gasteiger partial charge in [0, 0.05) is 12.0 Å².